The Morgan fingerprint density at radius 1 is 1.19 bits per heavy atom. The van der Waals surface area contributed by atoms with Crippen LogP contribution in [0.3, 0.4) is 0 Å². The zero-order chi connectivity index (χ0) is 30.2. The lowest BCUT2D eigenvalue weighted by Gasteiger charge is -2.46. The van der Waals surface area contributed by atoms with Crippen LogP contribution in [0.5, 0.6) is 28.7 Å². The van der Waals surface area contributed by atoms with Crippen molar-refractivity contribution in [1.82, 2.24) is 0 Å². The largest absolute Gasteiger partial charge is 0.507 e. The number of aliphatic hydroxyl groups is 5. The van der Waals surface area contributed by atoms with Crippen molar-refractivity contribution in [2.24, 2.45) is 9.98 Å². The molecular weight excluding hydrogens is 560 g/mol. The van der Waals surface area contributed by atoms with Gasteiger partial charge in [0, 0.05) is 24.3 Å². The van der Waals surface area contributed by atoms with E-state index in [0.29, 0.717) is 11.3 Å². The fraction of sp³-hybridized carbons (Fsp3) is 0.370. The van der Waals surface area contributed by atoms with Crippen LogP contribution in [0.25, 0.3) is 5.76 Å². The first-order chi connectivity index (χ1) is 20.1. The summed E-state index contributed by atoms with van der Waals surface area (Å²) in [7, 11) is 1.51. The molecule has 1 fully saturated rings. The number of rotatable bonds is 9. The standard InChI is InChI=1S/C27H28N2O13/c1-38-14-4-2-12(3-5-14)16-6-15(31)19-17(40-16)7-18(22(20(19)32)39-11-30)41-26-21(33)23(34)27(37,24(42-26)25(35)36)8-13-9-28-10-29-13/h2-7,10,16,21,23-24,26,30-34,37H,8-9,11H2,1H3,(H,35,36). The van der Waals surface area contributed by atoms with Crippen molar-refractivity contribution in [2.45, 2.75) is 42.7 Å². The number of phenolic OH excluding ortho intramolecular Hbond substituents is 1. The van der Waals surface area contributed by atoms with Gasteiger partial charge in [-0.1, -0.05) is 12.1 Å². The first-order valence-electron chi connectivity index (χ1n) is 12.6. The molecule has 1 saturated heterocycles. The van der Waals surface area contributed by atoms with E-state index in [0.717, 1.165) is 6.07 Å². The molecule has 6 unspecified atom stereocenters. The second-order valence-corrected chi connectivity index (χ2v) is 9.66. The smallest absolute Gasteiger partial charge is 0.336 e. The van der Waals surface area contributed by atoms with Crippen LogP contribution in [0.2, 0.25) is 0 Å². The van der Waals surface area contributed by atoms with Gasteiger partial charge in [-0.2, -0.15) is 0 Å². The molecule has 0 radical (unpaired) electrons. The van der Waals surface area contributed by atoms with E-state index in [4.69, 9.17) is 23.7 Å². The first-order valence-corrected chi connectivity index (χ1v) is 12.6. The Hall–Kier alpha value is -4.41. The SMILES string of the molecule is COc1ccc(C2C=C(O)c3c(cc(OC4OC(C(=O)O)C(O)(CC5=NC=NC5)C(O)C4O)c(OCO)c3O)O2)cc1. The van der Waals surface area contributed by atoms with Gasteiger partial charge in [0.05, 0.1) is 13.7 Å². The average molecular weight is 589 g/mol. The Bertz CT molecular complexity index is 1440. The van der Waals surface area contributed by atoms with Crippen molar-refractivity contribution < 1.29 is 64.2 Å². The molecule has 3 aliphatic rings. The van der Waals surface area contributed by atoms with Gasteiger partial charge in [-0.05, 0) is 17.7 Å². The van der Waals surface area contributed by atoms with E-state index in [2.05, 4.69) is 9.98 Å². The first kappa shape index (κ1) is 29.1. The number of nitrogens with zero attached hydrogens (tertiary/aromatic N) is 2. The van der Waals surface area contributed by atoms with Gasteiger partial charge in [0.25, 0.3) is 0 Å². The Morgan fingerprint density at radius 3 is 2.55 bits per heavy atom. The van der Waals surface area contributed by atoms with Crippen LogP contribution in [0.1, 0.15) is 23.7 Å². The number of aromatic hydroxyl groups is 1. The molecule has 2 aromatic rings. The number of phenols is 1. The minimum absolute atomic E-state index is 0.0620. The number of methoxy groups -OCH3 is 1. The van der Waals surface area contributed by atoms with Crippen molar-refractivity contribution in [2.75, 3.05) is 20.4 Å². The lowest BCUT2D eigenvalue weighted by Crippen LogP contribution is -2.69. The minimum Gasteiger partial charge on any atom is -0.507 e. The number of hydrogen-bond acceptors (Lipinski definition) is 14. The van der Waals surface area contributed by atoms with Gasteiger partial charge >= 0.3 is 5.97 Å². The average Bonchev–Trinajstić information content (AvgIpc) is 3.47. The molecule has 7 N–H and O–H groups in total. The van der Waals surface area contributed by atoms with Gasteiger partial charge < -0.3 is 59.4 Å². The van der Waals surface area contributed by atoms with Crippen molar-refractivity contribution in [1.29, 1.82) is 0 Å². The van der Waals surface area contributed by atoms with Crippen LogP contribution >= 0.6 is 0 Å². The second-order valence-electron chi connectivity index (χ2n) is 9.66. The molecule has 224 valence electrons. The Kier molecular flexibility index (Phi) is 7.94. The Morgan fingerprint density at radius 2 is 1.93 bits per heavy atom. The molecule has 0 aromatic heterocycles. The summed E-state index contributed by atoms with van der Waals surface area (Å²) >= 11 is 0. The maximum atomic E-state index is 12.1. The number of fused-ring (bicyclic) bond motifs is 1. The molecule has 15 heteroatoms. The number of benzene rings is 2. The highest BCUT2D eigenvalue weighted by molar-refractivity contribution is 5.97. The van der Waals surface area contributed by atoms with E-state index in [-0.39, 0.29) is 29.3 Å². The van der Waals surface area contributed by atoms with E-state index >= 15 is 0 Å². The lowest BCUT2D eigenvalue weighted by molar-refractivity contribution is -0.303. The summed E-state index contributed by atoms with van der Waals surface area (Å²) in [6.45, 7) is -0.895. The van der Waals surface area contributed by atoms with Gasteiger partial charge in [0.15, 0.2) is 24.4 Å². The van der Waals surface area contributed by atoms with Crippen molar-refractivity contribution in [3.05, 3.63) is 47.5 Å². The molecule has 0 amide bonds. The topological polar surface area (TPSA) is 230 Å². The molecule has 2 aromatic carbocycles. The number of aliphatic hydroxyl groups excluding tert-OH is 4. The fourth-order valence-electron chi connectivity index (χ4n) is 4.95. The van der Waals surface area contributed by atoms with E-state index in [9.17, 15) is 40.5 Å². The van der Waals surface area contributed by atoms with E-state index < -0.39 is 72.7 Å². The number of aliphatic carboxylic acids is 1. The molecule has 3 heterocycles. The number of hydrogen-bond donors (Lipinski definition) is 7. The number of carbonyl (C=O) groups is 1. The maximum absolute atomic E-state index is 12.1. The third kappa shape index (κ3) is 5.19. The third-order valence-corrected chi connectivity index (χ3v) is 7.05. The Labute approximate surface area is 237 Å². The van der Waals surface area contributed by atoms with E-state index in [1.54, 1.807) is 24.3 Å². The normalized spacial score (nSPS) is 28.3. The predicted octanol–water partition coefficient (Wildman–Crippen LogP) is 0.276. The molecule has 0 bridgehead atoms. The molecule has 0 spiro atoms. The monoisotopic (exact) mass is 588 g/mol. The zero-order valence-electron chi connectivity index (χ0n) is 22.0. The number of carboxylic acids is 1. The minimum atomic E-state index is -2.51. The van der Waals surface area contributed by atoms with Crippen LogP contribution in [0.15, 0.2) is 46.4 Å². The van der Waals surface area contributed by atoms with Crippen LogP contribution in [-0.4, -0.2) is 104 Å². The van der Waals surface area contributed by atoms with Gasteiger partial charge in [0.2, 0.25) is 12.0 Å². The molecule has 42 heavy (non-hydrogen) atoms. The summed E-state index contributed by atoms with van der Waals surface area (Å²) in [4.78, 5) is 19.9. The highest BCUT2D eigenvalue weighted by Gasteiger charge is 2.59. The summed E-state index contributed by atoms with van der Waals surface area (Å²) in [5.41, 5.74) is -1.84. The summed E-state index contributed by atoms with van der Waals surface area (Å²) in [6, 6.07) is 7.92. The molecule has 0 aliphatic carbocycles. The predicted molar refractivity (Wildman–Crippen MR) is 142 cm³/mol. The van der Waals surface area contributed by atoms with Gasteiger partial charge in [-0.15, -0.1) is 0 Å². The molecule has 15 nitrogen and oxygen atoms in total. The maximum Gasteiger partial charge on any atom is 0.336 e. The van der Waals surface area contributed by atoms with Crippen molar-refractivity contribution in [3.8, 4) is 28.7 Å². The van der Waals surface area contributed by atoms with Crippen LogP contribution < -0.4 is 18.9 Å². The van der Waals surface area contributed by atoms with Gasteiger partial charge in [-0.3, -0.25) is 4.99 Å². The lowest BCUT2D eigenvalue weighted by atomic mass is 9.80. The summed E-state index contributed by atoms with van der Waals surface area (Å²) in [6.07, 6.45) is -6.90. The van der Waals surface area contributed by atoms with Crippen molar-refractivity contribution >= 4 is 23.8 Å². The molecule has 3 aliphatic heterocycles. The molecule has 5 rings (SSSR count). The van der Waals surface area contributed by atoms with Gasteiger partial charge in [0.1, 0.15) is 53.1 Å². The molecular formula is C27H28N2O13. The summed E-state index contributed by atoms with van der Waals surface area (Å²) < 4.78 is 27.3. The van der Waals surface area contributed by atoms with Crippen LogP contribution in [0.4, 0.5) is 0 Å². The van der Waals surface area contributed by atoms with E-state index in [1.807, 2.05) is 0 Å². The zero-order valence-corrected chi connectivity index (χ0v) is 22.0. The fourth-order valence-corrected chi connectivity index (χ4v) is 4.95. The van der Waals surface area contributed by atoms with Gasteiger partial charge in [-0.25, -0.2) is 9.79 Å². The van der Waals surface area contributed by atoms with Crippen LogP contribution in [-0.2, 0) is 9.53 Å². The highest BCUT2D eigenvalue weighted by atomic mass is 16.7. The molecule has 6 atom stereocenters. The quantitative estimate of drug-likeness (QED) is 0.195. The number of ether oxygens (including phenoxy) is 5. The third-order valence-electron chi connectivity index (χ3n) is 7.05. The second kappa shape index (κ2) is 11.5. The number of aliphatic imine (C=N–C) groups is 2. The summed E-state index contributed by atoms with van der Waals surface area (Å²) in [5.74, 6) is -3.21. The van der Waals surface area contributed by atoms with Crippen molar-refractivity contribution in [3.63, 3.8) is 0 Å². The highest BCUT2D eigenvalue weighted by Crippen LogP contribution is 2.51. The van der Waals surface area contributed by atoms with Crippen LogP contribution in [0, 0.1) is 0 Å². The Balaban J connectivity index is 1.47. The number of carboxylic acid groups (broad SMARTS) is 1. The van der Waals surface area contributed by atoms with E-state index in [1.165, 1.54) is 19.5 Å². The molecule has 0 saturated carbocycles. The summed E-state index contributed by atoms with van der Waals surface area (Å²) in [5, 5.41) is 73.8.